The molecule has 2 fully saturated rings. The molecule has 0 aliphatic carbocycles. The summed E-state index contributed by atoms with van der Waals surface area (Å²) in [5, 5.41) is 7.50. The summed E-state index contributed by atoms with van der Waals surface area (Å²) in [6, 6.07) is 5.40. The summed E-state index contributed by atoms with van der Waals surface area (Å²) >= 11 is 0. The number of carbonyl (C=O) groups is 1. The number of likely N-dealkylation sites (tertiary alicyclic amines) is 1. The molecule has 10 nitrogen and oxygen atoms in total. The van der Waals surface area contributed by atoms with E-state index in [0.29, 0.717) is 23.2 Å². The molecule has 0 bridgehead atoms. The highest BCUT2D eigenvalue weighted by Gasteiger charge is 2.26. The molecule has 3 aromatic heterocycles. The van der Waals surface area contributed by atoms with Crippen molar-refractivity contribution < 1.29 is 9.21 Å². The fourth-order valence-electron chi connectivity index (χ4n) is 4.41. The molecule has 164 valence electrons. The van der Waals surface area contributed by atoms with Crippen LogP contribution in [-0.2, 0) is 4.79 Å². The van der Waals surface area contributed by atoms with Crippen LogP contribution >= 0.6 is 0 Å². The van der Waals surface area contributed by atoms with E-state index in [-0.39, 0.29) is 11.8 Å². The number of nitrogen functional groups attached to an aromatic ring is 1. The Morgan fingerprint density at radius 1 is 1.19 bits per heavy atom. The van der Waals surface area contributed by atoms with Gasteiger partial charge in [-0.1, -0.05) is 0 Å². The zero-order valence-corrected chi connectivity index (χ0v) is 17.5. The second-order valence-electron chi connectivity index (χ2n) is 8.26. The quantitative estimate of drug-likeness (QED) is 0.610. The third-order valence-corrected chi connectivity index (χ3v) is 6.18. The normalized spacial score (nSPS) is 18.1. The Morgan fingerprint density at radius 2 is 2.00 bits per heavy atom. The van der Waals surface area contributed by atoms with Crippen LogP contribution in [0, 0.1) is 5.92 Å². The van der Waals surface area contributed by atoms with Crippen molar-refractivity contribution >= 4 is 23.3 Å². The van der Waals surface area contributed by atoms with E-state index in [1.54, 1.807) is 18.4 Å². The zero-order valence-electron chi connectivity index (χ0n) is 17.5. The molecule has 1 amide bonds. The van der Waals surface area contributed by atoms with Gasteiger partial charge >= 0.3 is 0 Å². The summed E-state index contributed by atoms with van der Waals surface area (Å²) in [5.41, 5.74) is 6.21. The van der Waals surface area contributed by atoms with E-state index in [9.17, 15) is 4.79 Å². The maximum atomic E-state index is 12.5. The van der Waals surface area contributed by atoms with Gasteiger partial charge in [-0.15, -0.1) is 5.10 Å². The molecule has 2 aliphatic rings. The van der Waals surface area contributed by atoms with Crippen molar-refractivity contribution in [2.24, 2.45) is 5.92 Å². The Labute approximate surface area is 180 Å². The number of rotatable bonds is 6. The molecule has 0 unspecified atom stereocenters. The van der Waals surface area contributed by atoms with Crippen LogP contribution < -0.4 is 16.0 Å². The van der Waals surface area contributed by atoms with Crippen molar-refractivity contribution in [2.45, 2.75) is 25.7 Å². The summed E-state index contributed by atoms with van der Waals surface area (Å²) in [6.45, 7) is 5.51. The van der Waals surface area contributed by atoms with Crippen molar-refractivity contribution in [1.82, 2.24) is 29.8 Å². The average molecular weight is 425 g/mol. The van der Waals surface area contributed by atoms with Gasteiger partial charge in [0.25, 0.3) is 5.78 Å². The molecule has 5 heterocycles. The number of nitrogens with one attached hydrogen (secondary N) is 1. The first-order valence-corrected chi connectivity index (χ1v) is 11.0. The molecule has 2 aliphatic heterocycles. The standard InChI is InChI=1S/C21H28N8O2/c22-17-14-18(24-21-25-19(26-29(17)21)16-4-3-13-31-16)28-10-5-15(6-11-28)20(30)23-7-12-27-8-1-2-9-27/h3-4,13-15H,1-2,5-12,22H2,(H,23,30). The van der Waals surface area contributed by atoms with E-state index in [2.05, 4.69) is 30.2 Å². The zero-order chi connectivity index (χ0) is 21.2. The van der Waals surface area contributed by atoms with Crippen molar-refractivity contribution in [3.8, 4) is 11.6 Å². The van der Waals surface area contributed by atoms with Gasteiger partial charge in [-0.2, -0.15) is 14.5 Å². The molecule has 0 atom stereocenters. The van der Waals surface area contributed by atoms with Gasteiger partial charge in [0.2, 0.25) is 11.7 Å². The van der Waals surface area contributed by atoms with Crippen LogP contribution in [0.2, 0.25) is 0 Å². The third-order valence-electron chi connectivity index (χ3n) is 6.18. The molecule has 3 N–H and O–H groups in total. The third kappa shape index (κ3) is 4.20. The summed E-state index contributed by atoms with van der Waals surface area (Å²) in [4.78, 5) is 26.2. The van der Waals surface area contributed by atoms with Crippen molar-refractivity contribution in [3.63, 3.8) is 0 Å². The van der Waals surface area contributed by atoms with Gasteiger partial charge in [0.05, 0.1) is 6.26 Å². The number of furan rings is 1. The van der Waals surface area contributed by atoms with Crippen LogP contribution in [0.15, 0.2) is 28.9 Å². The van der Waals surface area contributed by atoms with E-state index in [1.165, 1.54) is 17.4 Å². The monoisotopic (exact) mass is 424 g/mol. The van der Waals surface area contributed by atoms with E-state index in [1.807, 2.05) is 6.07 Å². The van der Waals surface area contributed by atoms with Gasteiger partial charge in [0.15, 0.2) is 5.76 Å². The SMILES string of the molecule is Nc1cc(N2CCC(C(=O)NCCN3CCCC3)CC2)nc2nc(-c3ccco3)nn12. The molecule has 3 aromatic rings. The van der Waals surface area contributed by atoms with Crippen LogP contribution in [0.1, 0.15) is 25.7 Å². The van der Waals surface area contributed by atoms with E-state index in [0.717, 1.165) is 57.9 Å². The fourth-order valence-corrected chi connectivity index (χ4v) is 4.41. The molecular formula is C21H28N8O2. The number of anilines is 2. The van der Waals surface area contributed by atoms with Crippen molar-refractivity contribution in [1.29, 1.82) is 0 Å². The van der Waals surface area contributed by atoms with Crippen LogP contribution in [-0.4, -0.2) is 69.7 Å². The summed E-state index contributed by atoms with van der Waals surface area (Å²) in [6.07, 6.45) is 5.72. The van der Waals surface area contributed by atoms with Crippen LogP contribution in [0.4, 0.5) is 11.6 Å². The molecule has 2 saturated heterocycles. The minimum absolute atomic E-state index is 0.0505. The number of hydrogen-bond acceptors (Lipinski definition) is 8. The maximum Gasteiger partial charge on any atom is 0.256 e. The predicted molar refractivity (Wildman–Crippen MR) is 117 cm³/mol. The number of carbonyl (C=O) groups excluding carboxylic acids is 1. The first-order chi connectivity index (χ1) is 15.2. The molecule has 0 saturated carbocycles. The summed E-state index contributed by atoms with van der Waals surface area (Å²) in [7, 11) is 0. The molecule has 0 aromatic carbocycles. The highest BCUT2D eigenvalue weighted by Crippen LogP contribution is 2.25. The van der Waals surface area contributed by atoms with E-state index < -0.39 is 0 Å². The molecule has 5 rings (SSSR count). The molecule has 31 heavy (non-hydrogen) atoms. The number of fused-ring (bicyclic) bond motifs is 1. The lowest BCUT2D eigenvalue weighted by atomic mass is 9.96. The topological polar surface area (TPSA) is 118 Å². The number of nitrogens with zero attached hydrogens (tertiary/aromatic N) is 6. The van der Waals surface area contributed by atoms with Gasteiger partial charge in [0, 0.05) is 38.2 Å². The van der Waals surface area contributed by atoms with Gasteiger partial charge < -0.3 is 25.3 Å². The van der Waals surface area contributed by atoms with Gasteiger partial charge in [-0.05, 0) is 50.9 Å². The predicted octanol–water partition coefficient (Wildman–Crippen LogP) is 1.39. The van der Waals surface area contributed by atoms with E-state index >= 15 is 0 Å². The largest absolute Gasteiger partial charge is 0.461 e. The first-order valence-electron chi connectivity index (χ1n) is 11.0. The Hall–Kier alpha value is -3.14. The van der Waals surface area contributed by atoms with E-state index in [4.69, 9.17) is 10.2 Å². The minimum Gasteiger partial charge on any atom is -0.461 e. The lowest BCUT2D eigenvalue weighted by Gasteiger charge is -2.32. The lowest BCUT2D eigenvalue weighted by Crippen LogP contribution is -2.42. The number of hydrogen-bond donors (Lipinski definition) is 2. The van der Waals surface area contributed by atoms with Crippen LogP contribution in [0.25, 0.3) is 17.4 Å². The fraction of sp³-hybridized carbons (Fsp3) is 0.524. The number of aromatic nitrogens is 4. The minimum atomic E-state index is 0.0505. The number of piperidine rings is 1. The Bertz CT molecular complexity index is 1030. The second-order valence-corrected chi connectivity index (χ2v) is 8.26. The van der Waals surface area contributed by atoms with Crippen LogP contribution in [0.3, 0.4) is 0 Å². The Balaban J connectivity index is 1.19. The average Bonchev–Trinajstić information content (AvgIpc) is 3.54. The molecule has 0 spiro atoms. The Morgan fingerprint density at radius 3 is 2.74 bits per heavy atom. The first kappa shape index (κ1) is 19.8. The van der Waals surface area contributed by atoms with Gasteiger partial charge in [-0.3, -0.25) is 4.79 Å². The summed E-state index contributed by atoms with van der Waals surface area (Å²) in [5.74, 6) is 2.90. The number of nitrogens with two attached hydrogens (primary N) is 1. The number of amides is 1. The molecule has 0 radical (unpaired) electrons. The van der Waals surface area contributed by atoms with Crippen LogP contribution in [0.5, 0.6) is 0 Å². The maximum absolute atomic E-state index is 12.5. The molecular weight excluding hydrogens is 396 g/mol. The van der Waals surface area contributed by atoms with Crippen molar-refractivity contribution in [3.05, 3.63) is 24.5 Å². The van der Waals surface area contributed by atoms with Crippen molar-refractivity contribution in [2.75, 3.05) is 49.9 Å². The van der Waals surface area contributed by atoms with Gasteiger partial charge in [-0.25, -0.2) is 0 Å². The lowest BCUT2D eigenvalue weighted by molar-refractivity contribution is -0.125. The molecule has 10 heteroatoms. The highest BCUT2D eigenvalue weighted by atomic mass is 16.3. The highest BCUT2D eigenvalue weighted by molar-refractivity contribution is 5.79. The Kier molecular flexibility index (Phi) is 5.46. The second kappa shape index (κ2) is 8.54. The smallest absolute Gasteiger partial charge is 0.256 e. The van der Waals surface area contributed by atoms with Gasteiger partial charge in [0.1, 0.15) is 11.6 Å². The summed E-state index contributed by atoms with van der Waals surface area (Å²) < 4.78 is 6.88.